The van der Waals surface area contributed by atoms with Crippen LogP contribution in [-0.4, -0.2) is 51.3 Å². The lowest BCUT2D eigenvalue weighted by molar-refractivity contribution is -0.385. The fourth-order valence-electron chi connectivity index (χ4n) is 3.35. The van der Waals surface area contributed by atoms with Gasteiger partial charge in [-0.05, 0) is 0 Å². The fraction of sp³-hybridized carbons (Fsp3) is 0.130. The monoisotopic (exact) mass is 491 g/mol. The Morgan fingerprint density at radius 1 is 0.667 bits per heavy atom. The standard InChI is InChI=1S/C23H21N7O6/c1-26(24-15-17-6-3-9-20(12-17)28(31)32)23(19-8-5-11-22(14-19)30(35)36)27(2)25-16-18-7-4-10-21(13-18)29(33)34/h3-16,23H,1-2H3/b24-15+,25-16+. The minimum atomic E-state index is -0.727. The molecule has 3 aromatic rings. The Morgan fingerprint density at radius 3 is 1.47 bits per heavy atom. The quantitative estimate of drug-likeness (QED) is 0.175. The molecule has 0 heterocycles. The zero-order chi connectivity index (χ0) is 26.2. The maximum atomic E-state index is 11.3. The molecule has 0 aliphatic carbocycles. The van der Waals surface area contributed by atoms with Crippen molar-refractivity contribution >= 4 is 29.5 Å². The van der Waals surface area contributed by atoms with Crippen LogP contribution in [0.4, 0.5) is 17.1 Å². The summed E-state index contributed by atoms with van der Waals surface area (Å²) in [6.07, 6.45) is 2.13. The third kappa shape index (κ3) is 6.44. The minimum absolute atomic E-state index is 0.0875. The highest BCUT2D eigenvalue weighted by molar-refractivity contribution is 5.81. The number of non-ortho nitro benzene ring substituents is 3. The van der Waals surface area contributed by atoms with E-state index in [4.69, 9.17) is 0 Å². The number of hydrogen-bond donors (Lipinski definition) is 0. The SMILES string of the molecule is CN(/N=C/c1cccc([N+](=O)[O-])c1)C(c1cccc([N+](=O)[O-])c1)N(C)/N=C/c1cccc([N+](=O)[O-])c1. The van der Waals surface area contributed by atoms with E-state index in [-0.39, 0.29) is 17.1 Å². The van der Waals surface area contributed by atoms with E-state index in [1.807, 2.05) is 0 Å². The summed E-state index contributed by atoms with van der Waals surface area (Å²) in [5, 5.41) is 45.1. The lowest BCUT2D eigenvalue weighted by Crippen LogP contribution is -2.31. The summed E-state index contributed by atoms with van der Waals surface area (Å²) < 4.78 is 0. The number of nitro benzene ring substituents is 3. The smallest absolute Gasteiger partial charge is 0.270 e. The molecule has 36 heavy (non-hydrogen) atoms. The van der Waals surface area contributed by atoms with Gasteiger partial charge in [0, 0.05) is 67.2 Å². The molecular weight excluding hydrogens is 470 g/mol. The van der Waals surface area contributed by atoms with Crippen molar-refractivity contribution in [1.82, 2.24) is 10.0 Å². The van der Waals surface area contributed by atoms with Gasteiger partial charge in [0.2, 0.25) is 0 Å². The van der Waals surface area contributed by atoms with Crippen LogP contribution in [0.1, 0.15) is 22.9 Å². The van der Waals surface area contributed by atoms with Crippen LogP contribution >= 0.6 is 0 Å². The van der Waals surface area contributed by atoms with Crippen molar-refractivity contribution in [2.75, 3.05) is 14.1 Å². The summed E-state index contributed by atoms with van der Waals surface area (Å²) in [6.45, 7) is 0. The van der Waals surface area contributed by atoms with Crippen LogP contribution in [0.15, 0.2) is 83.0 Å². The molecule has 0 atom stereocenters. The number of hydrogen-bond acceptors (Lipinski definition) is 10. The number of benzene rings is 3. The number of nitrogens with zero attached hydrogens (tertiary/aromatic N) is 7. The molecule has 0 saturated carbocycles. The Kier molecular flexibility index (Phi) is 7.97. The Bertz CT molecular complexity index is 1270. The summed E-state index contributed by atoms with van der Waals surface area (Å²) >= 11 is 0. The second-order valence-corrected chi connectivity index (χ2v) is 7.57. The fourth-order valence-corrected chi connectivity index (χ4v) is 3.35. The van der Waals surface area contributed by atoms with Crippen LogP contribution in [0.25, 0.3) is 0 Å². The topological polar surface area (TPSA) is 161 Å². The van der Waals surface area contributed by atoms with Gasteiger partial charge in [0.25, 0.3) is 17.1 Å². The Hall–Kier alpha value is -5.20. The van der Waals surface area contributed by atoms with E-state index in [9.17, 15) is 30.3 Å². The molecule has 0 aliphatic rings. The number of hydrazone groups is 2. The van der Waals surface area contributed by atoms with Crippen molar-refractivity contribution in [3.63, 3.8) is 0 Å². The van der Waals surface area contributed by atoms with E-state index in [1.165, 1.54) is 77.0 Å². The van der Waals surface area contributed by atoms with E-state index in [0.29, 0.717) is 16.7 Å². The number of nitro groups is 3. The van der Waals surface area contributed by atoms with Gasteiger partial charge in [-0.3, -0.25) is 40.4 Å². The molecule has 0 aromatic heterocycles. The predicted octanol–water partition coefficient (Wildman–Crippen LogP) is 4.34. The molecule has 0 unspecified atom stereocenters. The third-order valence-corrected chi connectivity index (χ3v) is 5.03. The normalized spacial score (nSPS) is 11.2. The molecule has 13 heteroatoms. The number of rotatable bonds is 10. The molecular formula is C23H21N7O6. The van der Waals surface area contributed by atoms with Gasteiger partial charge in [-0.2, -0.15) is 10.2 Å². The van der Waals surface area contributed by atoms with Crippen LogP contribution in [-0.2, 0) is 0 Å². The lowest BCUT2D eigenvalue weighted by atomic mass is 10.1. The molecule has 3 aromatic carbocycles. The molecule has 0 amide bonds. The second kappa shape index (κ2) is 11.3. The van der Waals surface area contributed by atoms with Gasteiger partial charge < -0.3 is 0 Å². The molecule has 0 aliphatic heterocycles. The highest BCUT2D eigenvalue weighted by Crippen LogP contribution is 2.27. The molecule has 0 spiro atoms. The average molecular weight is 491 g/mol. The molecule has 13 nitrogen and oxygen atoms in total. The Balaban J connectivity index is 1.94. The summed E-state index contributed by atoms with van der Waals surface area (Å²) in [5.74, 6) is 0. The molecule has 0 fully saturated rings. The molecule has 0 saturated heterocycles. The molecule has 0 bridgehead atoms. The van der Waals surface area contributed by atoms with Crippen molar-refractivity contribution < 1.29 is 14.8 Å². The van der Waals surface area contributed by atoms with Gasteiger partial charge in [0.15, 0.2) is 6.17 Å². The van der Waals surface area contributed by atoms with Crippen molar-refractivity contribution in [2.24, 2.45) is 10.2 Å². The van der Waals surface area contributed by atoms with E-state index >= 15 is 0 Å². The summed E-state index contributed by atoms with van der Waals surface area (Å²) in [7, 11) is 3.24. The summed E-state index contributed by atoms with van der Waals surface area (Å²) in [5.41, 5.74) is 1.17. The van der Waals surface area contributed by atoms with Gasteiger partial charge >= 0.3 is 0 Å². The van der Waals surface area contributed by atoms with E-state index in [0.717, 1.165) is 0 Å². The zero-order valence-corrected chi connectivity index (χ0v) is 19.2. The minimum Gasteiger partial charge on any atom is -0.272 e. The Morgan fingerprint density at radius 2 is 1.06 bits per heavy atom. The predicted molar refractivity (Wildman–Crippen MR) is 133 cm³/mol. The molecule has 0 N–H and O–H groups in total. The first kappa shape index (κ1) is 25.4. The first-order valence-corrected chi connectivity index (χ1v) is 10.4. The van der Waals surface area contributed by atoms with Crippen LogP contribution in [0.3, 0.4) is 0 Å². The maximum Gasteiger partial charge on any atom is 0.270 e. The van der Waals surface area contributed by atoms with Crippen LogP contribution in [0.5, 0.6) is 0 Å². The zero-order valence-electron chi connectivity index (χ0n) is 19.2. The highest BCUT2D eigenvalue weighted by Gasteiger charge is 2.22. The largest absolute Gasteiger partial charge is 0.272 e. The molecule has 184 valence electrons. The summed E-state index contributed by atoms with van der Waals surface area (Å²) in [6, 6.07) is 17.8. The highest BCUT2D eigenvalue weighted by atomic mass is 16.6. The second-order valence-electron chi connectivity index (χ2n) is 7.57. The summed E-state index contributed by atoms with van der Waals surface area (Å²) in [4.78, 5) is 31.9. The molecule has 0 radical (unpaired) electrons. The van der Waals surface area contributed by atoms with E-state index in [1.54, 1.807) is 32.3 Å². The molecule has 3 rings (SSSR count). The van der Waals surface area contributed by atoms with E-state index < -0.39 is 20.9 Å². The van der Waals surface area contributed by atoms with E-state index in [2.05, 4.69) is 10.2 Å². The van der Waals surface area contributed by atoms with Crippen molar-refractivity contribution in [2.45, 2.75) is 6.17 Å². The van der Waals surface area contributed by atoms with Crippen LogP contribution < -0.4 is 0 Å². The van der Waals surface area contributed by atoms with Crippen molar-refractivity contribution in [3.05, 3.63) is 120 Å². The van der Waals surface area contributed by atoms with Crippen molar-refractivity contribution in [1.29, 1.82) is 0 Å². The van der Waals surface area contributed by atoms with Gasteiger partial charge in [0.05, 0.1) is 27.2 Å². The van der Waals surface area contributed by atoms with Crippen LogP contribution in [0, 0.1) is 30.3 Å². The van der Waals surface area contributed by atoms with Crippen molar-refractivity contribution in [3.8, 4) is 0 Å². The first-order chi connectivity index (χ1) is 17.2. The van der Waals surface area contributed by atoms with Crippen LogP contribution in [0.2, 0.25) is 0 Å². The average Bonchev–Trinajstić information content (AvgIpc) is 2.87. The van der Waals surface area contributed by atoms with Gasteiger partial charge in [-0.15, -0.1) is 0 Å². The lowest BCUT2D eigenvalue weighted by Gasteiger charge is -2.32. The Labute approximate surface area is 205 Å². The third-order valence-electron chi connectivity index (χ3n) is 5.03. The van der Waals surface area contributed by atoms with Gasteiger partial charge in [0.1, 0.15) is 0 Å². The first-order valence-electron chi connectivity index (χ1n) is 10.4. The maximum absolute atomic E-state index is 11.3. The van der Waals surface area contributed by atoms with Gasteiger partial charge in [-0.1, -0.05) is 36.4 Å². The van der Waals surface area contributed by atoms with Gasteiger partial charge in [-0.25, -0.2) is 0 Å².